The largest absolute Gasteiger partial charge is 0.365 e. The number of hydrogen-bond donors (Lipinski definition) is 1. The zero-order valence-electron chi connectivity index (χ0n) is 19.6. The fourth-order valence-electron chi connectivity index (χ4n) is 5.16. The molecule has 162 valence electrons. The number of fused-ring (bicyclic) bond motifs is 4. The molecule has 0 saturated heterocycles. The van der Waals surface area contributed by atoms with Crippen molar-refractivity contribution in [2.45, 2.75) is 31.2 Å². The lowest BCUT2D eigenvalue weighted by Crippen LogP contribution is -2.42. The van der Waals surface area contributed by atoms with E-state index in [2.05, 4.69) is 99.1 Å². The number of anilines is 1. The van der Waals surface area contributed by atoms with Gasteiger partial charge >= 0.3 is 0 Å². The minimum Gasteiger partial charge on any atom is -0.365 e. The van der Waals surface area contributed by atoms with Crippen LogP contribution in [0.3, 0.4) is 0 Å². The highest BCUT2D eigenvalue weighted by Gasteiger charge is 2.31. The van der Waals surface area contributed by atoms with Gasteiger partial charge in [-0.25, -0.2) is 0 Å². The Hall–Kier alpha value is -2.98. The van der Waals surface area contributed by atoms with Crippen molar-refractivity contribution in [3.05, 3.63) is 71.6 Å². The van der Waals surface area contributed by atoms with Gasteiger partial charge in [-0.3, -0.25) is 0 Å². The molecular formula is C28H29N3S. The van der Waals surface area contributed by atoms with Gasteiger partial charge in [-0.15, -0.1) is 11.8 Å². The lowest BCUT2D eigenvalue weighted by molar-refractivity contribution is 0.598. The molecule has 3 nitrogen and oxygen atoms in total. The molecule has 0 amide bonds. The molecule has 2 aliphatic heterocycles. The molecule has 1 N–H and O–H groups in total. The van der Waals surface area contributed by atoms with E-state index in [1.165, 1.54) is 49.3 Å². The van der Waals surface area contributed by atoms with Crippen LogP contribution in [-0.4, -0.2) is 23.4 Å². The third-order valence-electron chi connectivity index (χ3n) is 6.96. The van der Waals surface area contributed by atoms with Crippen molar-refractivity contribution in [2.24, 2.45) is 7.05 Å². The van der Waals surface area contributed by atoms with Crippen LogP contribution in [0, 0.1) is 5.41 Å². The number of rotatable bonds is 2. The van der Waals surface area contributed by atoms with Crippen molar-refractivity contribution < 1.29 is 0 Å². The highest BCUT2D eigenvalue weighted by molar-refractivity contribution is 7.98. The molecule has 0 atom stereocenters. The smallest absolute Gasteiger partial charge is 0.0585 e. The average Bonchev–Trinajstić information content (AvgIpc) is 2.77. The molecule has 0 aromatic heterocycles. The fourth-order valence-corrected chi connectivity index (χ4v) is 5.57. The Morgan fingerprint density at radius 2 is 1.62 bits per heavy atom. The van der Waals surface area contributed by atoms with Crippen molar-refractivity contribution in [3.63, 3.8) is 0 Å². The molecule has 4 heteroatoms. The Morgan fingerprint density at radius 1 is 0.906 bits per heavy atom. The highest BCUT2D eigenvalue weighted by Crippen LogP contribution is 2.47. The molecular weight excluding hydrogens is 410 g/mol. The predicted octanol–water partition coefficient (Wildman–Crippen LogP) is 6.78. The van der Waals surface area contributed by atoms with Gasteiger partial charge in [0.15, 0.2) is 0 Å². The van der Waals surface area contributed by atoms with Crippen LogP contribution in [-0.2, 0) is 7.05 Å². The van der Waals surface area contributed by atoms with Crippen LogP contribution in [0.1, 0.15) is 26.3 Å². The van der Waals surface area contributed by atoms with Crippen molar-refractivity contribution in [1.82, 2.24) is 4.57 Å². The maximum absolute atomic E-state index is 8.29. The molecule has 0 radical (unpaired) electrons. The summed E-state index contributed by atoms with van der Waals surface area (Å²) in [6.45, 7) is 6.75. The van der Waals surface area contributed by atoms with Gasteiger partial charge in [-0.2, -0.15) is 0 Å². The third-order valence-corrected chi connectivity index (χ3v) is 7.70. The standard InChI is InChI=1S/C28H29N3S/c1-17-16-28(2,3)31(5)23-14-13-22-26(18-7-10-20(32-6)11-8-18)21-12-9-19(29)15-24(21)30(4)27(22)25(17)23/h7-16,29H,1-6H3. The maximum Gasteiger partial charge on any atom is 0.0585 e. The first-order chi connectivity index (χ1) is 15.2. The SMILES string of the molecule is CSc1ccc(-c2c3ccc(=N)cc-3n(C)c3c4c(ccc23)N(C)C(C)(C)C=C4C)cc1. The second-order valence-electron chi connectivity index (χ2n) is 9.29. The summed E-state index contributed by atoms with van der Waals surface area (Å²) in [4.78, 5) is 3.63. The minimum absolute atomic E-state index is 0.0367. The topological polar surface area (TPSA) is 32.0 Å². The Bertz CT molecular complexity index is 1420. The van der Waals surface area contributed by atoms with E-state index in [1.807, 2.05) is 12.1 Å². The Morgan fingerprint density at radius 3 is 2.31 bits per heavy atom. The summed E-state index contributed by atoms with van der Waals surface area (Å²) in [7, 11) is 4.32. The second kappa shape index (κ2) is 7.28. The zero-order chi connectivity index (χ0) is 22.8. The first kappa shape index (κ1) is 20.9. The number of hydrogen-bond acceptors (Lipinski definition) is 3. The van der Waals surface area contributed by atoms with Crippen molar-refractivity contribution in [2.75, 3.05) is 18.2 Å². The molecule has 0 unspecified atom stereocenters. The summed E-state index contributed by atoms with van der Waals surface area (Å²) >= 11 is 1.76. The summed E-state index contributed by atoms with van der Waals surface area (Å²) in [6, 6.07) is 19.4. The molecule has 5 rings (SSSR count). The highest BCUT2D eigenvalue weighted by atomic mass is 32.2. The zero-order valence-corrected chi connectivity index (χ0v) is 20.4. The number of likely N-dealkylation sites (N-methyl/N-ethyl adjacent to an activating group) is 1. The molecule has 2 aromatic rings. The lowest BCUT2D eigenvalue weighted by atomic mass is 9.85. The van der Waals surface area contributed by atoms with Crippen LogP contribution >= 0.6 is 11.8 Å². The third kappa shape index (κ3) is 3.01. The van der Waals surface area contributed by atoms with Gasteiger partial charge in [0, 0.05) is 46.8 Å². The van der Waals surface area contributed by atoms with Gasteiger partial charge < -0.3 is 14.9 Å². The van der Waals surface area contributed by atoms with Gasteiger partial charge in [0.2, 0.25) is 0 Å². The summed E-state index contributed by atoms with van der Waals surface area (Å²) in [5, 5.41) is 10.1. The number of pyridine rings is 1. The van der Waals surface area contributed by atoms with E-state index >= 15 is 0 Å². The van der Waals surface area contributed by atoms with Gasteiger partial charge in [0.05, 0.1) is 22.1 Å². The molecule has 1 aliphatic carbocycles. The number of nitrogens with zero attached hydrogens (tertiary/aromatic N) is 2. The van der Waals surface area contributed by atoms with E-state index < -0.39 is 0 Å². The van der Waals surface area contributed by atoms with Crippen LogP contribution in [0.2, 0.25) is 0 Å². The van der Waals surface area contributed by atoms with Crippen LogP contribution in [0.4, 0.5) is 5.69 Å². The molecule has 3 aliphatic rings. The van der Waals surface area contributed by atoms with Crippen molar-refractivity contribution in [3.8, 4) is 22.4 Å². The molecule has 32 heavy (non-hydrogen) atoms. The predicted molar refractivity (Wildman–Crippen MR) is 139 cm³/mol. The molecule has 0 spiro atoms. The number of benzene rings is 3. The van der Waals surface area contributed by atoms with Gasteiger partial charge in [-0.1, -0.05) is 30.3 Å². The number of aryl methyl sites for hydroxylation is 1. The summed E-state index contributed by atoms with van der Waals surface area (Å²) < 4.78 is 2.28. The minimum atomic E-state index is -0.0367. The van der Waals surface area contributed by atoms with Gasteiger partial charge in [-0.05, 0) is 68.5 Å². The summed E-state index contributed by atoms with van der Waals surface area (Å²) in [5.74, 6) is 0. The first-order valence-corrected chi connectivity index (χ1v) is 12.2. The molecule has 2 aromatic carbocycles. The van der Waals surface area contributed by atoms with Crippen molar-refractivity contribution >= 4 is 33.9 Å². The molecule has 0 fully saturated rings. The van der Waals surface area contributed by atoms with Crippen LogP contribution in [0.15, 0.2) is 65.6 Å². The number of allylic oxidation sites excluding steroid dienone is 1. The van der Waals surface area contributed by atoms with Gasteiger partial charge in [0.25, 0.3) is 0 Å². The fraction of sp³-hybridized carbons (Fsp3) is 0.250. The number of nitrogens with one attached hydrogen (secondary N) is 1. The first-order valence-electron chi connectivity index (χ1n) is 10.9. The van der Waals surface area contributed by atoms with E-state index in [9.17, 15) is 0 Å². The summed E-state index contributed by atoms with van der Waals surface area (Å²) in [5.41, 5.74) is 9.74. The Labute approximate surface area is 194 Å². The lowest BCUT2D eigenvalue weighted by Gasteiger charge is -2.41. The maximum atomic E-state index is 8.29. The Kier molecular flexibility index (Phi) is 4.75. The average molecular weight is 440 g/mol. The quantitative estimate of drug-likeness (QED) is 0.276. The molecule has 0 bridgehead atoms. The van der Waals surface area contributed by atoms with Crippen molar-refractivity contribution in [1.29, 1.82) is 5.41 Å². The monoisotopic (exact) mass is 439 g/mol. The number of aromatic nitrogens is 1. The van der Waals surface area contributed by atoms with E-state index in [0.717, 1.165) is 5.69 Å². The summed E-state index contributed by atoms with van der Waals surface area (Å²) in [6.07, 6.45) is 4.48. The van der Waals surface area contributed by atoms with Crippen LogP contribution in [0.25, 0.3) is 38.9 Å². The number of thioether (sulfide) groups is 1. The van der Waals surface area contributed by atoms with Gasteiger partial charge in [0.1, 0.15) is 0 Å². The van der Waals surface area contributed by atoms with Crippen LogP contribution < -0.4 is 10.3 Å². The Balaban J connectivity index is 1.97. The normalized spacial score (nSPS) is 15.2. The molecule has 2 heterocycles. The molecule has 0 saturated carbocycles. The van der Waals surface area contributed by atoms with E-state index in [0.29, 0.717) is 5.36 Å². The van der Waals surface area contributed by atoms with Crippen LogP contribution in [0.5, 0.6) is 0 Å². The van der Waals surface area contributed by atoms with E-state index in [-0.39, 0.29) is 5.54 Å². The van der Waals surface area contributed by atoms with E-state index in [1.54, 1.807) is 11.8 Å². The second-order valence-corrected chi connectivity index (χ2v) is 10.2. The van der Waals surface area contributed by atoms with E-state index in [4.69, 9.17) is 5.41 Å².